The molecule has 0 spiro atoms. The molecule has 0 aliphatic rings. The standard InChI is InChI=1S/C21H33FN6O2.HI/c1-5-17(30-19-11-8-7-10-18(19)22)14-24-21(23-12-9-13-29-6-2)25-15-20-27-26-16(3)28(20)4;/h7-8,10-11,17H,5-6,9,12-15H2,1-4H3,(H2,23,24,25);1H. The van der Waals surface area contributed by atoms with Crippen LogP contribution in [0.2, 0.25) is 0 Å². The topological polar surface area (TPSA) is 85.6 Å². The van der Waals surface area contributed by atoms with Gasteiger partial charge in [0.15, 0.2) is 23.4 Å². The summed E-state index contributed by atoms with van der Waals surface area (Å²) < 4.78 is 27.0. The molecule has 1 aromatic carbocycles. The summed E-state index contributed by atoms with van der Waals surface area (Å²) in [5.74, 6) is 2.14. The fourth-order valence-electron chi connectivity index (χ4n) is 2.64. The van der Waals surface area contributed by atoms with Gasteiger partial charge in [-0.25, -0.2) is 9.38 Å². The predicted octanol–water partition coefficient (Wildman–Crippen LogP) is 3.20. The molecule has 0 fully saturated rings. The van der Waals surface area contributed by atoms with E-state index >= 15 is 0 Å². The molecule has 31 heavy (non-hydrogen) atoms. The highest BCUT2D eigenvalue weighted by Gasteiger charge is 2.12. The molecule has 10 heteroatoms. The first-order chi connectivity index (χ1) is 14.5. The van der Waals surface area contributed by atoms with E-state index in [9.17, 15) is 4.39 Å². The number of rotatable bonds is 12. The molecule has 0 bridgehead atoms. The first-order valence-electron chi connectivity index (χ1n) is 10.4. The van der Waals surface area contributed by atoms with Crippen LogP contribution in [0.1, 0.15) is 38.3 Å². The number of aromatic nitrogens is 3. The van der Waals surface area contributed by atoms with E-state index in [-0.39, 0.29) is 41.6 Å². The zero-order valence-corrected chi connectivity index (χ0v) is 21.1. The Bertz CT molecular complexity index is 802. The van der Waals surface area contributed by atoms with Gasteiger partial charge in [-0.3, -0.25) is 0 Å². The van der Waals surface area contributed by atoms with Crippen molar-refractivity contribution in [3.8, 4) is 5.75 Å². The second-order valence-electron chi connectivity index (χ2n) is 6.82. The summed E-state index contributed by atoms with van der Waals surface area (Å²) in [7, 11) is 1.91. The van der Waals surface area contributed by atoms with E-state index in [1.807, 2.05) is 32.4 Å². The molecule has 1 atom stereocenters. The number of nitrogens with one attached hydrogen (secondary N) is 2. The Morgan fingerprint density at radius 1 is 1.23 bits per heavy atom. The Morgan fingerprint density at radius 2 is 2.00 bits per heavy atom. The quantitative estimate of drug-likeness (QED) is 0.184. The molecule has 2 rings (SSSR count). The molecule has 2 N–H and O–H groups in total. The van der Waals surface area contributed by atoms with Gasteiger partial charge in [0.25, 0.3) is 0 Å². The summed E-state index contributed by atoms with van der Waals surface area (Å²) >= 11 is 0. The summed E-state index contributed by atoms with van der Waals surface area (Å²) in [6.07, 6.45) is 1.39. The van der Waals surface area contributed by atoms with Crippen LogP contribution in [0.4, 0.5) is 4.39 Å². The van der Waals surface area contributed by atoms with Gasteiger partial charge in [-0.2, -0.15) is 0 Å². The number of benzene rings is 1. The maximum Gasteiger partial charge on any atom is 0.191 e. The van der Waals surface area contributed by atoms with Crippen molar-refractivity contribution >= 4 is 29.9 Å². The lowest BCUT2D eigenvalue weighted by Gasteiger charge is -2.20. The van der Waals surface area contributed by atoms with E-state index in [1.54, 1.807) is 18.2 Å². The molecule has 1 aromatic heterocycles. The molecule has 0 radical (unpaired) electrons. The molecule has 1 unspecified atom stereocenters. The van der Waals surface area contributed by atoms with Gasteiger partial charge in [0.2, 0.25) is 0 Å². The second-order valence-corrected chi connectivity index (χ2v) is 6.82. The molecule has 0 saturated heterocycles. The van der Waals surface area contributed by atoms with Gasteiger partial charge >= 0.3 is 0 Å². The number of halogens is 2. The minimum atomic E-state index is -0.364. The van der Waals surface area contributed by atoms with Gasteiger partial charge in [0.05, 0.1) is 6.54 Å². The minimum Gasteiger partial charge on any atom is -0.486 e. The van der Waals surface area contributed by atoms with E-state index in [4.69, 9.17) is 9.47 Å². The third kappa shape index (κ3) is 9.38. The zero-order valence-electron chi connectivity index (χ0n) is 18.7. The fraction of sp³-hybridized carbons (Fsp3) is 0.571. The Balaban J connectivity index is 0.00000480. The number of hydrogen-bond acceptors (Lipinski definition) is 5. The lowest BCUT2D eigenvalue weighted by molar-refractivity contribution is 0.145. The number of aryl methyl sites for hydroxylation is 1. The van der Waals surface area contributed by atoms with Gasteiger partial charge in [-0.1, -0.05) is 19.1 Å². The van der Waals surface area contributed by atoms with Crippen LogP contribution in [0.15, 0.2) is 29.3 Å². The van der Waals surface area contributed by atoms with Crippen LogP contribution in [0.3, 0.4) is 0 Å². The van der Waals surface area contributed by atoms with Crippen LogP contribution in [0, 0.1) is 12.7 Å². The highest BCUT2D eigenvalue weighted by atomic mass is 127. The van der Waals surface area contributed by atoms with Gasteiger partial charge in [-0.05, 0) is 38.8 Å². The lowest BCUT2D eigenvalue weighted by Crippen LogP contribution is -2.43. The van der Waals surface area contributed by atoms with Crippen LogP contribution < -0.4 is 15.4 Å². The molecule has 8 nitrogen and oxygen atoms in total. The van der Waals surface area contributed by atoms with Crippen molar-refractivity contribution in [1.29, 1.82) is 0 Å². The van der Waals surface area contributed by atoms with Crippen LogP contribution >= 0.6 is 24.0 Å². The van der Waals surface area contributed by atoms with E-state index in [1.165, 1.54) is 6.07 Å². The largest absolute Gasteiger partial charge is 0.486 e. The van der Waals surface area contributed by atoms with Gasteiger partial charge in [0, 0.05) is 26.8 Å². The van der Waals surface area contributed by atoms with Crippen molar-refractivity contribution in [2.24, 2.45) is 12.0 Å². The van der Waals surface area contributed by atoms with E-state index in [0.29, 0.717) is 38.8 Å². The summed E-state index contributed by atoms with van der Waals surface area (Å²) in [5.41, 5.74) is 0. The highest BCUT2D eigenvalue weighted by molar-refractivity contribution is 14.0. The maximum absolute atomic E-state index is 13.9. The van der Waals surface area contributed by atoms with Gasteiger partial charge in [-0.15, -0.1) is 34.2 Å². The molecule has 2 aromatic rings. The fourth-order valence-corrected chi connectivity index (χ4v) is 2.64. The molecule has 0 aliphatic heterocycles. The van der Waals surface area contributed by atoms with Crippen molar-refractivity contribution < 1.29 is 13.9 Å². The van der Waals surface area contributed by atoms with Crippen molar-refractivity contribution in [1.82, 2.24) is 25.4 Å². The molecule has 0 aliphatic carbocycles. The highest BCUT2D eigenvalue weighted by Crippen LogP contribution is 2.17. The van der Waals surface area contributed by atoms with Crippen LogP contribution in [-0.4, -0.2) is 53.1 Å². The summed E-state index contributed by atoms with van der Waals surface area (Å²) in [6, 6.07) is 6.43. The smallest absolute Gasteiger partial charge is 0.191 e. The molecule has 174 valence electrons. The van der Waals surface area contributed by atoms with Gasteiger partial charge in [0.1, 0.15) is 18.5 Å². The van der Waals surface area contributed by atoms with Crippen LogP contribution in [0.25, 0.3) is 0 Å². The van der Waals surface area contributed by atoms with E-state index in [2.05, 4.69) is 25.8 Å². The van der Waals surface area contributed by atoms with Crippen molar-refractivity contribution in [2.45, 2.75) is 46.3 Å². The molecular weight excluding hydrogens is 514 g/mol. The Kier molecular flexibility index (Phi) is 13.1. The normalized spacial score (nSPS) is 12.2. The Morgan fingerprint density at radius 3 is 2.65 bits per heavy atom. The zero-order chi connectivity index (χ0) is 21.8. The monoisotopic (exact) mass is 548 g/mol. The molecule has 0 amide bonds. The van der Waals surface area contributed by atoms with Crippen LogP contribution in [0.5, 0.6) is 5.75 Å². The SMILES string of the molecule is CCOCCCNC(=NCc1nnc(C)n1C)NCC(CC)Oc1ccccc1F.I. The predicted molar refractivity (Wildman–Crippen MR) is 131 cm³/mol. The Labute approximate surface area is 201 Å². The second kappa shape index (κ2) is 15.0. The van der Waals surface area contributed by atoms with Crippen molar-refractivity contribution in [2.75, 3.05) is 26.3 Å². The minimum absolute atomic E-state index is 0. The van der Waals surface area contributed by atoms with E-state index < -0.39 is 0 Å². The van der Waals surface area contributed by atoms with E-state index in [0.717, 1.165) is 24.5 Å². The summed E-state index contributed by atoms with van der Waals surface area (Å²) in [6.45, 7) is 8.87. The number of ether oxygens (including phenoxy) is 2. The molecular formula is C21H34FIN6O2. The average molecular weight is 548 g/mol. The number of guanidine groups is 1. The summed E-state index contributed by atoms with van der Waals surface area (Å²) in [4.78, 5) is 4.62. The van der Waals surface area contributed by atoms with Gasteiger partial charge < -0.3 is 24.7 Å². The number of aliphatic imine (C=N–C) groups is 1. The van der Waals surface area contributed by atoms with Crippen molar-refractivity contribution in [3.63, 3.8) is 0 Å². The summed E-state index contributed by atoms with van der Waals surface area (Å²) in [5, 5.41) is 14.8. The first kappa shape index (κ1) is 27.1. The Hall–Kier alpha value is -1.95. The number of para-hydroxylation sites is 1. The lowest BCUT2D eigenvalue weighted by atomic mass is 10.2. The third-order valence-electron chi connectivity index (χ3n) is 4.61. The average Bonchev–Trinajstić information content (AvgIpc) is 3.07. The third-order valence-corrected chi connectivity index (χ3v) is 4.61. The maximum atomic E-state index is 13.9. The van der Waals surface area contributed by atoms with Crippen LogP contribution in [-0.2, 0) is 18.3 Å². The molecule has 1 heterocycles. The molecule has 0 saturated carbocycles. The first-order valence-corrected chi connectivity index (χ1v) is 10.4. The number of nitrogens with zero attached hydrogens (tertiary/aromatic N) is 4. The number of hydrogen-bond donors (Lipinski definition) is 2. The van der Waals surface area contributed by atoms with Crippen molar-refractivity contribution in [3.05, 3.63) is 41.7 Å².